The molecule has 1 aliphatic heterocycles. The lowest BCUT2D eigenvalue weighted by Crippen LogP contribution is -2.38. The van der Waals surface area contributed by atoms with Crippen LogP contribution in [0.2, 0.25) is 0 Å². The van der Waals surface area contributed by atoms with Gasteiger partial charge in [0.15, 0.2) is 0 Å². The summed E-state index contributed by atoms with van der Waals surface area (Å²) in [4.78, 5) is 11.0. The predicted octanol–water partition coefficient (Wildman–Crippen LogP) is 2.26. The molecule has 2 heterocycles. The van der Waals surface area contributed by atoms with Crippen LogP contribution >= 0.6 is 11.3 Å². The van der Waals surface area contributed by atoms with E-state index in [0.717, 1.165) is 24.2 Å². The molecule has 1 N–H and O–H groups in total. The first kappa shape index (κ1) is 14.5. The van der Waals surface area contributed by atoms with Gasteiger partial charge < -0.3 is 5.11 Å². The Hall–Kier alpha value is -0.920. The van der Waals surface area contributed by atoms with E-state index in [1.807, 2.05) is 13.8 Å². The van der Waals surface area contributed by atoms with Crippen LogP contribution in [0, 0.1) is 5.92 Å². The zero-order valence-corrected chi connectivity index (χ0v) is 12.5. The Bertz CT molecular complexity index is 576. The van der Waals surface area contributed by atoms with Gasteiger partial charge in [-0.15, -0.1) is 11.3 Å². The van der Waals surface area contributed by atoms with Gasteiger partial charge in [-0.25, -0.2) is 13.2 Å². The van der Waals surface area contributed by atoms with Gasteiger partial charge in [0.05, 0.1) is 4.90 Å². The van der Waals surface area contributed by atoms with Gasteiger partial charge in [-0.2, -0.15) is 4.31 Å². The first-order valence-electron chi connectivity index (χ1n) is 6.17. The lowest BCUT2D eigenvalue weighted by Gasteiger charge is -2.26. The highest BCUT2D eigenvalue weighted by atomic mass is 32.2. The molecule has 0 bridgehead atoms. The van der Waals surface area contributed by atoms with Gasteiger partial charge in [0.25, 0.3) is 0 Å². The summed E-state index contributed by atoms with van der Waals surface area (Å²) >= 11 is 0.948. The van der Waals surface area contributed by atoms with Crippen LogP contribution in [0.1, 0.15) is 36.4 Å². The number of carboxylic acids is 1. The SMILES string of the molecule is CC(C)C1CCCN1S(=O)(=O)c1csc(C(=O)O)c1. The molecule has 7 heteroatoms. The summed E-state index contributed by atoms with van der Waals surface area (Å²) < 4.78 is 26.6. The van der Waals surface area contributed by atoms with E-state index in [0.29, 0.717) is 6.54 Å². The first-order chi connectivity index (χ1) is 8.84. The molecule has 1 aromatic rings. The van der Waals surface area contributed by atoms with Gasteiger partial charge in [-0.3, -0.25) is 0 Å². The average molecular weight is 303 g/mol. The van der Waals surface area contributed by atoms with E-state index in [1.165, 1.54) is 15.8 Å². The molecular formula is C12H17NO4S2. The molecule has 0 amide bonds. The third-order valence-corrected chi connectivity index (χ3v) is 6.38. The third-order valence-electron chi connectivity index (χ3n) is 3.41. The normalized spacial score (nSPS) is 21.1. The van der Waals surface area contributed by atoms with E-state index >= 15 is 0 Å². The third kappa shape index (κ3) is 2.68. The molecule has 0 aliphatic carbocycles. The Morgan fingerprint density at radius 2 is 2.21 bits per heavy atom. The highest BCUT2D eigenvalue weighted by Gasteiger charge is 2.37. The van der Waals surface area contributed by atoms with Crippen LogP contribution in [-0.4, -0.2) is 36.4 Å². The van der Waals surface area contributed by atoms with Crippen molar-refractivity contribution in [1.29, 1.82) is 0 Å². The van der Waals surface area contributed by atoms with E-state index in [1.54, 1.807) is 0 Å². The van der Waals surface area contributed by atoms with Crippen molar-refractivity contribution in [2.75, 3.05) is 6.54 Å². The van der Waals surface area contributed by atoms with Crippen LogP contribution in [0.25, 0.3) is 0 Å². The number of thiophene rings is 1. The highest BCUT2D eigenvalue weighted by molar-refractivity contribution is 7.89. The molecule has 0 radical (unpaired) electrons. The minimum atomic E-state index is -3.57. The molecule has 0 saturated carbocycles. The minimum Gasteiger partial charge on any atom is -0.477 e. The molecular weight excluding hydrogens is 286 g/mol. The molecule has 2 rings (SSSR count). The van der Waals surface area contributed by atoms with Gasteiger partial charge in [-0.1, -0.05) is 13.8 Å². The van der Waals surface area contributed by atoms with Gasteiger partial charge in [-0.05, 0) is 24.8 Å². The summed E-state index contributed by atoms with van der Waals surface area (Å²) in [6.45, 7) is 4.53. The maximum atomic E-state index is 12.5. The monoisotopic (exact) mass is 303 g/mol. The topological polar surface area (TPSA) is 74.7 Å². The smallest absolute Gasteiger partial charge is 0.345 e. The number of rotatable bonds is 4. The van der Waals surface area contributed by atoms with E-state index in [9.17, 15) is 13.2 Å². The van der Waals surface area contributed by atoms with Crippen molar-refractivity contribution in [3.05, 3.63) is 16.3 Å². The van der Waals surface area contributed by atoms with Gasteiger partial charge in [0, 0.05) is 18.0 Å². The molecule has 1 saturated heterocycles. The van der Waals surface area contributed by atoms with Crippen LogP contribution in [0.4, 0.5) is 0 Å². The van der Waals surface area contributed by atoms with Crippen LogP contribution < -0.4 is 0 Å². The molecule has 1 unspecified atom stereocenters. The standard InChI is InChI=1S/C12H17NO4S2/c1-8(2)10-4-3-5-13(10)19(16,17)9-6-11(12(14)15)18-7-9/h6-8,10H,3-5H2,1-2H3,(H,14,15). The molecule has 0 aromatic carbocycles. The summed E-state index contributed by atoms with van der Waals surface area (Å²) in [6.07, 6.45) is 1.73. The molecule has 1 aromatic heterocycles. The van der Waals surface area contributed by atoms with Gasteiger partial charge >= 0.3 is 5.97 Å². The second-order valence-electron chi connectivity index (χ2n) is 5.02. The van der Waals surface area contributed by atoms with Crippen LogP contribution in [0.5, 0.6) is 0 Å². The van der Waals surface area contributed by atoms with Crippen LogP contribution in [0.15, 0.2) is 16.3 Å². The Morgan fingerprint density at radius 1 is 1.53 bits per heavy atom. The number of sulfonamides is 1. The minimum absolute atomic E-state index is 0.0122. The second kappa shape index (κ2) is 5.22. The number of hydrogen-bond donors (Lipinski definition) is 1. The molecule has 106 valence electrons. The molecule has 1 fully saturated rings. The number of hydrogen-bond acceptors (Lipinski definition) is 4. The Balaban J connectivity index is 2.33. The fourth-order valence-electron chi connectivity index (χ4n) is 2.43. The van der Waals surface area contributed by atoms with Crippen molar-refractivity contribution in [3.63, 3.8) is 0 Å². The summed E-state index contributed by atoms with van der Waals surface area (Å²) in [5.41, 5.74) is 0. The van der Waals surface area contributed by atoms with Crippen molar-refractivity contribution in [2.24, 2.45) is 5.92 Å². The number of carbonyl (C=O) groups is 1. The predicted molar refractivity (Wildman–Crippen MR) is 73.0 cm³/mol. The first-order valence-corrected chi connectivity index (χ1v) is 8.49. The van der Waals surface area contributed by atoms with Gasteiger partial charge in [0.2, 0.25) is 10.0 Å². The Kier molecular flexibility index (Phi) is 3.98. The second-order valence-corrected chi connectivity index (χ2v) is 7.82. The molecule has 19 heavy (non-hydrogen) atoms. The van der Waals surface area contributed by atoms with E-state index in [4.69, 9.17) is 5.11 Å². The largest absolute Gasteiger partial charge is 0.477 e. The molecule has 0 spiro atoms. The molecule has 5 nitrogen and oxygen atoms in total. The zero-order valence-electron chi connectivity index (χ0n) is 10.9. The van der Waals surface area contributed by atoms with Crippen molar-refractivity contribution in [1.82, 2.24) is 4.31 Å². The van der Waals surface area contributed by atoms with Crippen molar-refractivity contribution in [2.45, 2.75) is 37.6 Å². The highest BCUT2D eigenvalue weighted by Crippen LogP contribution is 2.31. The Morgan fingerprint density at radius 3 is 2.74 bits per heavy atom. The van der Waals surface area contributed by atoms with E-state index in [-0.39, 0.29) is 21.7 Å². The number of nitrogens with zero attached hydrogens (tertiary/aromatic N) is 1. The van der Waals surface area contributed by atoms with E-state index < -0.39 is 16.0 Å². The number of aromatic carboxylic acids is 1. The van der Waals surface area contributed by atoms with Crippen molar-refractivity contribution in [3.8, 4) is 0 Å². The maximum Gasteiger partial charge on any atom is 0.345 e. The van der Waals surface area contributed by atoms with Crippen molar-refractivity contribution < 1.29 is 18.3 Å². The summed E-state index contributed by atoms with van der Waals surface area (Å²) in [5, 5.41) is 10.3. The summed E-state index contributed by atoms with van der Waals surface area (Å²) in [7, 11) is -3.57. The lowest BCUT2D eigenvalue weighted by atomic mass is 10.0. The quantitative estimate of drug-likeness (QED) is 0.925. The zero-order chi connectivity index (χ0) is 14.2. The maximum absolute atomic E-state index is 12.5. The van der Waals surface area contributed by atoms with Crippen LogP contribution in [0.3, 0.4) is 0 Å². The molecule has 1 aliphatic rings. The fraction of sp³-hybridized carbons (Fsp3) is 0.583. The van der Waals surface area contributed by atoms with Gasteiger partial charge in [0.1, 0.15) is 4.88 Å². The average Bonchev–Trinajstić information content (AvgIpc) is 2.98. The van der Waals surface area contributed by atoms with Crippen LogP contribution in [-0.2, 0) is 10.0 Å². The summed E-state index contributed by atoms with van der Waals surface area (Å²) in [6, 6.07) is 1.26. The fourth-order valence-corrected chi connectivity index (χ4v) is 5.36. The van der Waals surface area contributed by atoms with E-state index in [2.05, 4.69) is 0 Å². The van der Waals surface area contributed by atoms with Crippen molar-refractivity contribution >= 4 is 27.3 Å². The Labute approximate surface area is 116 Å². The molecule has 1 atom stereocenters. The lowest BCUT2D eigenvalue weighted by molar-refractivity contribution is 0.0702. The summed E-state index contributed by atoms with van der Waals surface area (Å²) in [5.74, 6) is -0.830. The number of carboxylic acid groups (broad SMARTS) is 1.